The highest BCUT2D eigenvalue weighted by Crippen LogP contribution is 2.30. The summed E-state index contributed by atoms with van der Waals surface area (Å²) in [5.74, 6) is -0.935. The number of benzene rings is 2. The van der Waals surface area contributed by atoms with Crippen LogP contribution < -0.4 is 16.2 Å². The number of oxazole rings is 1. The molecular weight excluding hydrogens is 428 g/mol. The van der Waals surface area contributed by atoms with E-state index in [0.717, 1.165) is 5.56 Å². The Morgan fingerprint density at radius 3 is 2.58 bits per heavy atom. The molecule has 0 spiro atoms. The molecule has 0 atom stereocenters. The molecule has 9 nitrogen and oxygen atoms in total. The van der Waals surface area contributed by atoms with Crippen molar-refractivity contribution >= 4 is 28.7 Å². The Morgan fingerprint density at radius 2 is 1.90 bits per heavy atom. The van der Waals surface area contributed by atoms with Crippen molar-refractivity contribution in [3.05, 3.63) is 63.6 Å². The summed E-state index contributed by atoms with van der Waals surface area (Å²) in [5, 5.41) is 18.5. The number of nitrogens with zero attached hydrogens (tertiary/aromatic N) is 1. The van der Waals surface area contributed by atoms with Gasteiger partial charge in [0.2, 0.25) is 0 Å². The summed E-state index contributed by atoms with van der Waals surface area (Å²) in [7, 11) is 0. The predicted octanol–water partition coefficient (Wildman–Crippen LogP) is 1.44. The summed E-state index contributed by atoms with van der Waals surface area (Å²) < 4.78 is 17.2. The van der Waals surface area contributed by atoms with Crippen LogP contribution >= 0.6 is 11.6 Å². The van der Waals surface area contributed by atoms with Crippen LogP contribution in [0.15, 0.2) is 51.7 Å². The Bertz CT molecular complexity index is 1090. The summed E-state index contributed by atoms with van der Waals surface area (Å²) >= 11 is 6.31. The molecule has 0 aliphatic carbocycles. The van der Waals surface area contributed by atoms with Crippen molar-refractivity contribution in [2.24, 2.45) is 5.73 Å². The first-order valence-corrected chi connectivity index (χ1v) is 9.89. The first kappa shape index (κ1) is 22.8. The maximum absolute atomic E-state index is 12.2. The largest absolute Gasteiger partial charge is 0.487 e. The Morgan fingerprint density at radius 1 is 1.19 bits per heavy atom. The maximum atomic E-state index is 12.2. The molecule has 10 heteroatoms. The molecule has 3 rings (SSSR count). The summed E-state index contributed by atoms with van der Waals surface area (Å²) in [6, 6.07) is 12.6. The minimum Gasteiger partial charge on any atom is -0.487 e. The van der Waals surface area contributed by atoms with Gasteiger partial charge in [0.25, 0.3) is 0 Å². The summed E-state index contributed by atoms with van der Waals surface area (Å²) in [6.45, 7) is -1.16. The van der Waals surface area contributed by atoms with E-state index in [1.54, 1.807) is 0 Å². The lowest BCUT2D eigenvalue weighted by molar-refractivity contribution is -0.146. The molecule has 1 aromatic heterocycles. The third kappa shape index (κ3) is 5.65. The standard InChI is InChI=1S/C21H23ClN2O7/c22-15-8-16-18(9-17(15)29-10-14-4-2-1-3-5-14)31-20(28)24(16)7-6-19(27)30-13-21(23,11-25)12-26/h1-5,8-9,25-26H,6-7,10-13,23H2. The topological polar surface area (TPSA) is 137 Å². The number of rotatable bonds is 10. The quantitative estimate of drug-likeness (QED) is 0.394. The molecule has 0 radical (unpaired) electrons. The third-order valence-electron chi connectivity index (χ3n) is 4.65. The van der Waals surface area contributed by atoms with E-state index in [9.17, 15) is 9.59 Å². The zero-order chi connectivity index (χ0) is 22.4. The molecule has 0 saturated heterocycles. The molecule has 0 aliphatic heterocycles. The van der Waals surface area contributed by atoms with Crippen molar-refractivity contribution < 1.29 is 28.9 Å². The fourth-order valence-corrected chi connectivity index (χ4v) is 2.98. The van der Waals surface area contributed by atoms with Crippen molar-refractivity contribution in [1.82, 2.24) is 4.57 Å². The average Bonchev–Trinajstić information content (AvgIpc) is 3.08. The molecule has 3 aromatic rings. The van der Waals surface area contributed by atoms with Crippen LogP contribution in [0.2, 0.25) is 5.02 Å². The first-order chi connectivity index (χ1) is 14.8. The number of nitrogens with two attached hydrogens (primary N) is 1. The minimum absolute atomic E-state index is 0.0129. The molecule has 0 aliphatic rings. The maximum Gasteiger partial charge on any atom is 0.419 e. The van der Waals surface area contributed by atoms with E-state index in [0.29, 0.717) is 22.9 Å². The van der Waals surface area contributed by atoms with E-state index in [2.05, 4.69) is 0 Å². The number of aromatic nitrogens is 1. The molecule has 4 N–H and O–H groups in total. The smallest absolute Gasteiger partial charge is 0.419 e. The second-order valence-corrected chi connectivity index (χ2v) is 7.54. The summed E-state index contributed by atoms with van der Waals surface area (Å²) in [6.07, 6.45) is -0.147. The molecule has 0 amide bonds. The van der Waals surface area contributed by atoms with Gasteiger partial charge in [0.1, 0.15) is 19.0 Å². The van der Waals surface area contributed by atoms with Crippen molar-refractivity contribution in [3.63, 3.8) is 0 Å². The van der Waals surface area contributed by atoms with E-state index in [4.69, 9.17) is 41.4 Å². The number of halogens is 1. The van der Waals surface area contributed by atoms with Crippen LogP contribution in [0.1, 0.15) is 12.0 Å². The van der Waals surface area contributed by atoms with Crippen LogP contribution in [0, 0.1) is 0 Å². The van der Waals surface area contributed by atoms with Gasteiger partial charge in [-0.15, -0.1) is 0 Å². The predicted molar refractivity (Wildman–Crippen MR) is 113 cm³/mol. The van der Waals surface area contributed by atoms with Gasteiger partial charge in [0.05, 0.1) is 35.7 Å². The molecular formula is C21H23ClN2O7. The molecule has 31 heavy (non-hydrogen) atoms. The van der Waals surface area contributed by atoms with E-state index < -0.39 is 30.5 Å². The highest BCUT2D eigenvalue weighted by Gasteiger charge is 2.25. The second kappa shape index (κ2) is 9.97. The number of hydrogen-bond donors (Lipinski definition) is 3. The van der Waals surface area contributed by atoms with Gasteiger partial charge in [-0.2, -0.15) is 0 Å². The number of aliphatic hydroxyl groups is 2. The summed E-state index contributed by atoms with van der Waals surface area (Å²) in [5.41, 5.74) is 5.87. The van der Waals surface area contributed by atoms with Crippen LogP contribution in [-0.2, 0) is 22.7 Å². The Labute approximate surface area is 182 Å². The van der Waals surface area contributed by atoms with Crippen molar-refractivity contribution in [1.29, 1.82) is 0 Å². The first-order valence-electron chi connectivity index (χ1n) is 9.51. The Hall–Kier alpha value is -2.85. The molecule has 0 bridgehead atoms. The number of fused-ring (bicyclic) bond motifs is 1. The lowest BCUT2D eigenvalue weighted by atomic mass is 10.1. The molecule has 0 unspecified atom stereocenters. The van der Waals surface area contributed by atoms with Gasteiger partial charge in [-0.1, -0.05) is 41.9 Å². The van der Waals surface area contributed by atoms with Gasteiger partial charge >= 0.3 is 11.7 Å². The van der Waals surface area contributed by atoms with Crippen LogP contribution in [-0.4, -0.2) is 46.1 Å². The number of hydrogen-bond acceptors (Lipinski definition) is 8. The van der Waals surface area contributed by atoms with E-state index in [-0.39, 0.29) is 25.2 Å². The van der Waals surface area contributed by atoms with Gasteiger partial charge in [-0.3, -0.25) is 9.36 Å². The van der Waals surface area contributed by atoms with Crippen LogP contribution in [0.4, 0.5) is 0 Å². The fourth-order valence-electron chi connectivity index (χ4n) is 2.76. The van der Waals surface area contributed by atoms with Crippen LogP contribution in [0.25, 0.3) is 11.1 Å². The molecule has 0 saturated carbocycles. The van der Waals surface area contributed by atoms with Gasteiger partial charge < -0.3 is 29.8 Å². The number of esters is 1. The number of carbonyl (C=O) groups is 1. The zero-order valence-corrected chi connectivity index (χ0v) is 17.4. The Balaban J connectivity index is 1.68. The number of ether oxygens (including phenoxy) is 2. The highest BCUT2D eigenvalue weighted by atomic mass is 35.5. The van der Waals surface area contributed by atoms with E-state index >= 15 is 0 Å². The molecule has 2 aromatic carbocycles. The molecule has 1 heterocycles. The highest BCUT2D eigenvalue weighted by molar-refractivity contribution is 6.32. The van der Waals surface area contributed by atoms with Crippen molar-refractivity contribution in [3.8, 4) is 5.75 Å². The normalized spacial score (nSPS) is 11.6. The van der Waals surface area contributed by atoms with Gasteiger partial charge in [-0.25, -0.2) is 4.79 Å². The SMILES string of the molecule is NC(CO)(CO)COC(=O)CCn1c(=O)oc2cc(OCc3ccccc3)c(Cl)cc21. The van der Waals surface area contributed by atoms with Crippen molar-refractivity contribution in [2.45, 2.75) is 25.1 Å². The van der Waals surface area contributed by atoms with Crippen LogP contribution in [0.3, 0.4) is 0 Å². The average molecular weight is 451 g/mol. The van der Waals surface area contributed by atoms with Gasteiger partial charge in [0.15, 0.2) is 5.58 Å². The lowest BCUT2D eigenvalue weighted by Gasteiger charge is -2.23. The van der Waals surface area contributed by atoms with Gasteiger partial charge in [0, 0.05) is 12.6 Å². The summed E-state index contributed by atoms with van der Waals surface area (Å²) in [4.78, 5) is 24.2. The van der Waals surface area contributed by atoms with Gasteiger partial charge in [-0.05, 0) is 11.6 Å². The molecule has 166 valence electrons. The number of aryl methyl sites for hydroxylation is 1. The molecule has 0 fully saturated rings. The van der Waals surface area contributed by atoms with E-state index in [1.807, 2.05) is 30.3 Å². The zero-order valence-electron chi connectivity index (χ0n) is 16.6. The lowest BCUT2D eigenvalue weighted by Crippen LogP contribution is -2.51. The second-order valence-electron chi connectivity index (χ2n) is 7.13. The fraction of sp³-hybridized carbons (Fsp3) is 0.333. The van der Waals surface area contributed by atoms with Crippen LogP contribution in [0.5, 0.6) is 5.75 Å². The van der Waals surface area contributed by atoms with Crippen molar-refractivity contribution in [2.75, 3.05) is 19.8 Å². The third-order valence-corrected chi connectivity index (χ3v) is 4.94. The Kier molecular flexibility index (Phi) is 7.34. The minimum atomic E-state index is -1.42. The number of carbonyl (C=O) groups excluding carboxylic acids is 1. The van der Waals surface area contributed by atoms with E-state index in [1.165, 1.54) is 16.7 Å². The number of aliphatic hydroxyl groups excluding tert-OH is 2. The monoisotopic (exact) mass is 450 g/mol.